The fourth-order valence-corrected chi connectivity index (χ4v) is 3.59. The Hall–Kier alpha value is -4.56. The van der Waals surface area contributed by atoms with E-state index in [1.54, 1.807) is 0 Å². The van der Waals surface area contributed by atoms with Crippen LogP contribution in [0.2, 0.25) is 0 Å². The number of halogens is 1. The van der Waals surface area contributed by atoms with Crippen molar-refractivity contribution < 1.29 is 43.1 Å². The average molecular weight is 595 g/mol. The Balaban J connectivity index is 2.71. The lowest BCUT2D eigenvalue weighted by Gasteiger charge is -2.22. The molecule has 1 unspecified atom stereocenters. The molecule has 232 valence electrons. The van der Waals surface area contributed by atoms with Gasteiger partial charge in [0.05, 0.1) is 12.7 Å². The van der Waals surface area contributed by atoms with Crippen LogP contribution >= 0.6 is 0 Å². The third kappa shape index (κ3) is 14.2. The Morgan fingerprint density at radius 2 is 1.43 bits per heavy atom. The van der Waals surface area contributed by atoms with Crippen LogP contribution in [0.5, 0.6) is 0 Å². The van der Waals surface area contributed by atoms with Gasteiger partial charge in [-0.1, -0.05) is 30.3 Å². The van der Waals surface area contributed by atoms with Crippen molar-refractivity contribution in [1.82, 2.24) is 26.6 Å². The standard InChI is InChI=1S/C27H39FN6O8/c1-15(28)13-20(34-25(40)17(3)31-21(35)11-9-18-7-5-4-6-8-18)26(41)30-14-22(36)33-19(10-12-23(37)38)27(42)32-16(2)24(29)39/h4-8,15-17,19-20H,9-14H2,1-3H3,(H2,29,39)(H,30,41)(H,31,35)(H,32,42)(H,33,36)(H,34,40)(H,37,38)/t15?,16-,17-,19-,20-/m0/s1. The molecule has 14 nitrogen and oxygen atoms in total. The summed E-state index contributed by atoms with van der Waals surface area (Å²) >= 11 is 0. The molecule has 0 aliphatic rings. The minimum Gasteiger partial charge on any atom is -0.481 e. The number of hydrogen-bond donors (Lipinski definition) is 7. The molecule has 42 heavy (non-hydrogen) atoms. The van der Waals surface area contributed by atoms with Gasteiger partial charge in [0.15, 0.2) is 0 Å². The van der Waals surface area contributed by atoms with Crippen molar-refractivity contribution in [2.75, 3.05) is 6.54 Å². The summed E-state index contributed by atoms with van der Waals surface area (Å²) in [5, 5.41) is 20.6. The molecule has 1 aromatic rings. The number of alkyl halides is 1. The molecule has 8 N–H and O–H groups in total. The van der Waals surface area contributed by atoms with Gasteiger partial charge in [-0.05, 0) is 39.2 Å². The SMILES string of the molecule is CC(F)C[C@H](NC(=O)[C@H](C)NC(=O)CCc1ccccc1)C(=O)NCC(=O)N[C@@H](CCC(=O)O)C(=O)N[C@@H](C)C(N)=O. The Morgan fingerprint density at radius 1 is 0.786 bits per heavy atom. The molecule has 1 rings (SSSR count). The summed E-state index contributed by atoms with van der Waals surface area (Å²) in [4.78, 5) is 84.6. The number of amides is 6. The molecule has 0 heterocycles. The van der Waals surface area contributed by atoms with E-state index in [1.165, 1.54) is 20.8 Å². The predicted octanol–water partition coefficient (Wildman–Crippen LogP) is -1.19. The van der Waals surface area contributed by atoms with Crippen LogP contribution < -0.4 is 32.3 Å². The average Bonchev–Trinajstić information content (AvgIpc) is 2.92. The Kier molecular flexibility index (Phi) is 15.2. The normalized spacial score (nSPS) is 14.2. The number of benzene rings is 1. The summed E-state index contributed by atoms with van der Waals surface area (Å²) in [6.45, 7) is 3.18. The highest BCUT2D eigenvalue weighted by atomic mass is 19.1. The van der Waals surface area contributed by atoms with E-state index in [9.17, 15) is 38.0 Å². The van der Waals surface area contributed by atoms with Crippen LogP contribution in [-0.2, 0) is 40.0 Å². The molecule has 5 atom stereocenters. The maximum atomic E-state index is 13.8. The molecule has 0 radical (unpaired) electrons. The van der Waals surface area contributed by atoms with E-state index in [1.807, 2.05) is 30.3 Å². The lowest BCUT2D eigenvalue weighted by Crippen LogP contribution is -2.56. The van der Waals surface area contributed by atoms with Crippen molar-refractivity contribution in [2.24, 2.45) is 5.73 Å². The number of rotatable bonds is 18. The zero-order chi connectivity index (χ0) is 31.8. The van der Waals surface area contributed by atoms with Crippen LogP contribution in [0.25, 0.3) is 0 Å². The molecular weight excluding hydrogens is 555 g/mol. The fraction of sp³-hybridized carbons (Fsp3) is 0.519. The van der Waals surface area contributed by atoms with E-state index in [0.717, 1.165) is 5.56 Å². The maximum absolute atomic E-state index is 13.8. The van der Waals surface area contributed by atoms with E-state index >= 15 is 0 Å². The van der Waals surface area contributed by atoms with Crippen LogP contribution in [0, 0.1) is 0 Å². The molecular formula is C27H39FN6O8. The minimum atomic E-state index is -1.51. The van der Waals surface area contributed by atoms with Gasteiger partial charge >= 0.3 is 5.97 Å². The number of aryl methyl sites for hydroxylation is 1. The topological polar surface area (TPSA) is 226 Å². The van der Waals surface area contributed by atoms with Crippen molar-refractivity contribution >= 4 is 41.4 Å². The van der Waals surface area contributed by atoms with Crippen LogP contribution in [-0.4, -0.2) is 83.4 Å². The van der Waals surface area contributed by atoms with E-state index in [2.05, 4.69) is 26.6 Å². The second kappa shape index (κ2) is 18.0. The first-order chi connectivity index (χ1) is 19.7. The highest BCUT2D eigenvalue weighted by Gasteiger charge is 2.28. The molecule has 0 saturated carbocycles. The summed E-state index contributed by atoms with van der Waals surface area (Å²) in [6, 6.07) is 4.36. The zero-order valence-corrected chi connectivity index (χ0v) is 23.8. The van der Waals surface area contributed by atoms with Crippen LogP contribution in [0.4, 0.5) is 4.39 Å². The van der Waals surface area contributed by atoms with Crippen molar-refractivity contribution in [2.45, 2.75) is 83.2 Å². The van der Waals surface area contributed by atoms with Gasteiger partial charge in [-0.25, -0.2) is 4.39 Å². The third-order valence-corrected chi connectivity index (χ3v) is 5.96. The monoisotopic (exact) mass is 594 g/mol. The number of primary amides is 1. The number of hydrogen-bond acceptors (Lipinski definition) is 7. The van der Waals surface area contributed by atoms with E-state index in [-0.39, 0.29) is 12.8 Å². The first kappa shape index (κ1) is 35.5. The molecule has 0 fully saturated rings. The van der Waals surface area contributed by atoms with E-state index < -0.39 is 91.1 Å². The highest BCUT2D eigenvalue weighted by molar-refractivity contribution is 5.95. The Bertz CT molecular complexity index is 1120. The minimum absolute atomic E-state index is 0.120. The van der Waals surface area contributed by atoms with Gasteiger partial charge in [0.25, 0.3) is 0 Å². The number of carbonyl (C=O) groups excluding carboxylic acids is 6. The molecule has 0 spiro atoms. The lowest BCUT2D eigenvalue weighted by atomic mass is 10.1. The predicted molar refractivity (Wildman–Crippen MR) is 148 cm³/mol. The molecule has 0 aliphatic carbocycles. The van der Waals surface area contributed by atoms with Gasteiger partial charge in [0, 0.05) is 19.3 Å². The first-order valence-corrected chi connectivity index (χ1v) is 13.4. The number of nitrogens with one attached hydrogen (secondary N) is 5. The Labute approximate surface area is 242 Å². The van der Waals surface area contributed by atoms with Gasteiger partial charge in [0.2, 0.25) is 35.4 Å². The van der Waals surface area contributed by atoms with Crippen molar-refractivity contribution in [3.05, 3.63) is 35.9 Å². The van der Waals surface area contributed by atoms with Gasteiger partial charge < -0.3 is 37.4 Å². The molecule has 0 bridgehead atoms. The van der Waals surface area contributed by atoms with Crippen LogP contribution in [0.15, 0.2) is 30.3 Å². The van der Waals surface area contributed by atoms with Gasteiger partial charge in [0.1, 0.15) is 24.2 Å². The van der Waals surface area contributed by atoms with Crippen molar-refractivity contribution in [1.29, 1.82) is 0 Å². The van der Waals surface area contributed by atoms with Crippen LogP contribution in [0.1, 0.15) is 52.0 Å². The Morgan fingerprint density at radius 3 is 2.00 bits per heavy atom. The van der Waals surface area contributed by atoms with Gasteiger partial charge in [-0.15, -0.1) is 0 Å². The third-order valence-electron chi connectivity index (χ3n) is 5.96. The zero-order valence-electron chi connectivity index (χ0n) is 23.8. The largest absolute Gasteiger partial charge is 0.481 e. The number of aliphatic carboxylic acids is 1. The fourth-order valence-electron chi connectivity index (χ4n) is 3.59. The number of nitrogens with two attached hydrogens (primary N) is 1. The van der Waals surface area contributed by atoms with E-state index in [4.69, 9.17) is 10.8 Å². The molecule has 6 amide bonds. The van der Waals surface area contributed by atoms with Gasteiger partial charge in [-0.2, -0.15) is 0 Å². The maximum Gasteiger partial charge on any atom is 0.303 e. The van der Waals surface area contributed by atoms with Crippen molar-refractivity contribution in [3.8, 4) is 0 Å². The molecule has 0 saturated heterocycles. The molecule has 15 heteroatoms. The first-order valence-electron chi connectivity index (χ1n) is 13.4. The number of carbonyl (C=O) groups is 7. The molecule has 0 aromatic heterocycles. The number of carboxylic acid groups (broad SMARTS) is 1. The smallest absolute Gasteiger partial charge is 0.303 e. The lowest BCUT2D eigenvalue weighted by molar-refractivity contribution is -0.138. The second-order valence-electron chi connectivity index (χ2n) is 9.76. The molecule has 0 aliphatic heterocycles. The highest BCUT2D eigenvalue weighted by Crippen LogP contribution is 2.05. The summed E-state index contributed by atoms with van der Waals surface area (Å²) in [5.74, 6) is -5.89. The van der Waals surface area contributed by atoms with Gasteiger partial charge in [-0.3, -0.25) is 33.6 Å². The van der Waals surface area contributed by atoms with E-state index in [0.29, 0.717) is 6.42 Å². The van der Waals surface area contributed by atoms with Crippen molar-refractivity contribution in [3.63, 3.8) is 0 Å². The summed E-state index contributed by atoms with van der Waals surface area (Å²) in [6.07, 6.45) is -2.17. The second-order valence-corrected chi connectivity index (χ2v) is 9.76. The number of carboxylic acids is 1. The summed E-state index contributed by atoms with van der Waals surface area (Å²) in [5.41, 5.74) is 6.04. The van der Waals surface area contributed by atoms with Crippen LogP contribution in [0.3, 0.4) is 0 Å². The summed E-state index contributed by atoms with van der Waals surface area (Å²) < 4.78 is 13.8. The summed E-state index contributed by atoms with van der Waals surface area (Å²) in [7, 11) is 0. The molecule has 1 aromatic carbocycles. The quantitative estimate of drug-likeness (QED) is 0.109.